The first kappa shape index (κ1) is 83.3. The monoisotopic (exact) mass is 1350 g/mol. The zero-order valence-corrected chi connectivity index (χ0v) is 55.5. The lowest BCUT2D eigenvalue weighted by Gasteiger charge is -2.40. The van der Waals surface area contributed by atoms with Crippen LogP contribution in [0.3, 0.4) is 0 Å². The van der Waals surface area contributed by atoms with E-state index in [1.165, 1.54) is 0 Å². The van der Waals surface area contributed by atoms with Crippen molar-refractivity contribution in [3.05, 3.63) is 0 Å². The highest BCUT2D eigenvalue weighted by atomic mass is 16.7. The Morgan fingerprint density at radius 3 is 0.968 bits per heavy atom. The fourth-order valence-corrected chi connectivity index (χ4v) is 10.5. The number of aliphatic hydroxyl groups is 9. The molecule has 32 heteroatoms. The standard InChI is InChI=1S/C62H112N8O24/c1-38(2)16-31-88-30-10-29-69-45(74)11-6-12-52(81)70-62(20-13-46(75)63-23-7-26-66-49(78)17-32-89-59-39(3)53(82)56(85)42(35-71)92-59,21-14-47(76)64-24-8-27-67-50(79)18-33-90-60-40(4)54(83)57(86)43(36-72)93-60)22-15-48(77)65-25-9-28-68-51(80)19-34-91-61-41(5)55(84)58(87)44(37-73)94-61/h38-44,53-61,71-73,82-87H,6-37H2,1-5H3,(H,63,75)(H,64,76)(H,65,77)(H,66,78)(H,67,79)(H,68,80)(H,69,74)(H,70,81)/t39-,40-,41-,42?,43?,44?,53?,54?,55?,56-,57-,58-,59+,60+,61+,62?/m0/s1. The molecule has 0 aromatic rings. The van der Waals surface area contributed by atoms with Crippen molar-refractivity contribution in [3.63, 3.8) is 0 Å². The van der Waals surface area contributed by atoms with Crippen LogP contribution in [-0.4, -0.2) is 271 Å². The van der Waals surface area contributed by atoms with Crippen LogP contribution in [0.4, 0.5) is 0 Å². The van der Waals surface area contributed by atoms with Crippen LogP contribution in [0.1, 0.15) is 144 Å². The number of hydrogen-bond donors (Lipinski definition) is 17. The molecule has 0 bridgehead atoms. The Hall–Kier alpha value is -4.88. The highest BCUT2D eigenvalue weighted by Crippen LogP contribution is 2.30. The summed E-state index contributed by atoms with van der Waals surface area (Å²) in [4.78, 5) is 105. The van der Waals surface area contributed by atoms with Gasteiger partial charge in [-0.1, -0.05) is 34.6 Å². The molecule has 94 heavy (non-hydrogen) atoms. The Morgan fingerprint density at radius 2 is 0.660 bits per heavy atom. The van der Waals surface area contributed by atoms with Crippen LogP contribution in [0.25, 0.3) is 0 Å². The van der Waals surface area contributed by atoms with Crippen molar-refractivity contribution in [3.8, 4) is 0 Å². The molecule has 3 saturated heterocycles. The van der Waals surface area contributed by atoms with Crippen molar-refractivity contribution >= 4 is 47.3 Å². The number of ether oxygens (including phenoxy) is 7. The van der Waals surface area contributed by atoms with Gasteiger partial charge in [-0.15, -0.1) is 0 Å². The molecule has 0 spiro atoms. The maximum Gasteiger partial charge on any atom is 0.222 e. The van der Waals surface area contributed by atoms with Crippen LogP contribution in [0, 0.1) is 23.7 Å². The van der Waals surface area contributed by atoms with Gasteiger partial charge >= 0.3 is 0 Å². The summed E-state index contributed by atoms with van der Waals surface area (Å²) in [6.07, 6.45) is -11.8. The first-order valence-corrected chi connectivity index (χ1v) is 33.3. The summed E-state index contributed by atoms with van der Waals surface area (Å²) in [5.41, 5.74) is -1.32. The fraction of sp³-hybridized carbons (Fsp3) is 0.871. The van der Waals surface area contributed by atoms with E-state index in [4.69, 9.17) is 33.2 Å². The average Bonchev–Trinajstić information content (AvgIpc) is 0.864. The molecular weight excluding hydrogens is 1240 g/mol. The molecule has 3 heterocycles. The molecule has 32 nitrogen and oxygen atoms in total. The smallest absolute Gasteiger partial charge is 0.222 e. The summed E-state index contributed by atoms with van der Waals surface area (Å²) < 4.78 is 39.1. The minimum Gasteiger partial charge on any atom is -0.394 e. The van der Waals surface area contributed by atoms with Gasteiger partial charge in [0.25, 0.3) is 0 Å². The topological polar surface area (TPSA) is 479 Å². The molecule has 8 amide bonds. The quantitative estimate of drug-likeness (QED) is 0.0260. The van der Waals surface area contributed by atoms with Crippen molar-refractivity contribution in [2.45, 2.75) is 223 Å². The molecule has 3 fully saturated rings. The van der Waals surface area contributed by atoms with Gasteiger partial charge in [0.15, 0.2) is 18.9 Å². The van der Waals surface area contributed by atoms with E-state index >= 15 is 0 Å². The molecule has 3 aliphatic rings. The van der Waals surface area contributed by atoms with E-state index < -0.39 is 141 Å². The van der Waals surface area contributed by atoms with E-state index in [1.807, 2.05) is 0 Å². The second-order valence-corrected chi connectivity index (χ2v) is 24.9. The molecule has 17 N–H and O–H groups in total. The fourth-order valence-electron chi connectivity index (χ4n) is 10.5. The lowest BCUT2D eigenvalue weighted by Crippen LogP contribution is -2.55. The number of rotatable bonds is 48. The second-order valence-electron chi connectivity index (χ2n) is 24.9. The van der Waals surface area contributed by atoms with E-state index in [1.54, 1.807) is 20.8 Å². The minimum atomic E-state index is -1.32. The normalized spacial score (nSPS) is 26.7. The summed E-state index contributed by atoms with van der Waals surface area (Å²) >= 11 is 0. The Morgan fingerprint density at radius 1 is 0.372 bits per heavy atom. The van der Waals surface area contributed by atoms with Gasteiger partial charge in [-0.2, -0.15) is 0 Å². The third kappa shape index (κ3) is 32.0. The van der Waals surface area contributed by atoms with Crippen LogP contribution in [0.15, 0.2) is 0 Å². The van der Waals surface area contributed by atoms with Crippen molar-refractivity contribution in [2.24, 2.45) is 23.7 Å². The zero-order chi connectivity index (χ0) is 69.6. The van der Waals surface area contributed by atoms with Crippen LogP contribution in [0.2, 0.25) is 0 Å². The Bertz CT molecular complexity index is 2030. The van der Waals surface area contributed by atoms with Crippen molar-refractivity contribution < 1.29 is 117 Å². The molecule has 0 aliphatic carbocycles. The summed E-state index contributed by atoms with van der Waals surface area (Å²) in [6.45, 7) is 9.58. The predicted octanol–water partition coefficient (Wildman–Crippen LogP) is -3.77. The van der Waals surface area contributed by atoms with E-state index in [2.05, 4.69) is 56.4 Å². The molecule has 3 rings (SSSR count). The van der Waals surface area contributed by atoms with E-state index in [9.17, 15) is 84.3 Å². The average molecular weight is 1350 g/mol. The predicted molar refractivity (Wildman–Crippen MR) is 335 cm³/mol. The minimum absolute atomic E-state index is 0.0296. The third-order valence-corrected chi connectivity index (χ3v) is 16.7. The van der Waals surface area contributed by atoms with Crippen LogP contribution >= 0.6 is 0 Å². The molecule has 6 unspecified atom stereocenters. The highest BCUT2D eigenvalue weighted by molar-refractivity contribution is 5.81. The molecule has 0 saturated carbocycles. The van der Waals surface area contributed by atoms with Crippen molar-refractivity contribution in [2.75, 3.05) is 98.7 Å². The number of hydrogen-bond acceptors (Lipinski definition) is 24. The summed E-state index contributed by atoms with van der Waals surface area (Å²) in [6, 6.07) is 0. The molecule has 3 aliphatic heterocycles. The summed E-state index contributed by atoms with van der Waals surface area (Å²) in [5, 5.41) is 112. The third-order valence-electron chi connectivity index (χ3n) is 16.7. The molecular formula is C62H112N8O24. The maximum atomic E-state index is 13.9. The zero-order valence-electron chi connectivity index (χ0n) is 55.5. The molecule has 0 radical (unpaired) electrons. The SMILES string of the molecule is CC(C)CCOCCCNC(=O)CCCC(=O)NC(CCC(=O)NCCCNC(=O)CCO[C@@H]1OC(CO)[C@H](O)C(O)[C@@H]1C)(CCC(=O)NCCCNC(=O)CCO[C@@H]1OC(CO)[C@H](O)C(O)[C@@H]1C)CCC(=O)NCCCNC(=O)CCO[C@@H]1OC(CO)[C@H](O)C(O)[C@@H]1C. The summed E-state index contributed by atoms with van der Waals surface area (Å²) in [5.74, 6) is -4.54. The van der Waals surface area contributed by atoms with Crippen LogP contribution in [-0.2, 0) is 71.5 Å². The highest BCUT2D eigenvalue weighted by Gasteiger charge is 2.45. The van der Waals surface area contributed by atoms with Gasteiger partial charge in [0.1, 0.15) is 36.6 Å². The maximum absolute atomic E-state index is 13.9. The van der Waals surface area contributed by atoms with E-state index in [0.717, 1.165) is 6.42 Å². The number of carbonyl (C=O) groups excluding carboxylic acids is 8. The van der Waals surface area contributed by atoms with Gasteiger partial charge in [0.2, 0.25) is 47.3 Å². The van der Waals surface area contributed by atoms with Gasteiger partial charge in [-0.3, -0.25) is 38.4 Å². The molecule has 0 aromatic carbocycles. The second kappa shape index (κ2) is 46.4. The summed E-state index contributed by atoms with van der Waals surface area (Å²) in [7, 11) is 0. The van der Waals surface area contributed by atoms with Crippen LogP contribution < -0.4 is 42.5 Å². The molecule has 0 aromatic heterocycles. The van der Waals surface area contributed by atoms with Crippen molar-refractivity contribution in [1.29, 1.82) is 0 Å². The lowest BCUT2D eigenvalue weighted by atomic mass is 9.82. The Kier molecular flexibility index (Phi) is 41.1. The van der Waals surface area contributed by atoms with E-state index in [-0.39, 0.29) is 160 Å². The van der Waals surface area contributed by atoms with Gasteiger partial charge < -0.3 is 122 Å². The first-order valence-electron chi connectivity index (χ1n) is 33.3. The van der Waals surface area contributed by atoms with Crippen LogP contribution in [0.5, 0.6) is 0 Å². The van der Waals surface area contributed by atoms with Gasteiger partial charge in [0.05, 0.1) is 77.2 Å². The van der Waals surface area contributed by atoms with Crippen molar-refractivity contribution in [1.82, 2.24) is 42.5 Å². The molecule has 544 valence electrons. The van der Waals surface area contributed by atoms with Gasteiger partial charge in [-0.25, -0.2) is 0 Å². The van der Waals surface area contributed by atoms with Gasteiger partial charge in [0, 0.05) is 114 Å². The number of aliphatic hydroxyl groups excluding tert-OH is 9. The largest absolute Gasteiger partial charge is 0.394 e. The van der Waals surface area contributed by atoms with Gasteiger partial charge in [-0.05, 0) is 63.7 Å². The number of amides is 8. The number of nitrogens with one attached hydrogen (secondary N) is 8. The van der Waals surface area contributed by atoms with E-state index in [0.29, 0.717) is 51.4 Å². The number of carbonyl (C=O) groups is 8. The lowest BCUT2D eigenvalue weighted by molar-refractivity contribution is -0.282. The Balaban J connectivity index is 1.63. The molecule has 15 atom stereocenters. The first-order chi connectivity index (χ1) is 44.8. The Labute approximate surface area is 551 Å².